The summed E-state index contributed by atoms with van der Waals surface area (Å²) in [6.07, 6.45) is 1.06. The number of nitrogens with zero attached hydrogens (tertiary/aromatic N) is 2. The molecule has 1 aromatic rings. The second-order valence-corrected chi connectivity index (χ2v) is 8.07. The van der Waals surface area contributed by atoms with E-state index in [2.05, 4.69) is 46.4 Å². The van der Waals surface area contributed by atoms with Gasteiger partial charge in [0.1, 0.15) is 0 Å². The highest BCUT2D eigenvalue weighted by Gasteiger charge is 2.28. The van der Waals surface area contributed by atoms with Crippen molar-refractivity contribution in [3.8, 4) is 0 Å². The average molecular weight is 353 g/mol. The first-order valence-corrected chi connectivity index (χ1v) is 10.2. The highest BCUT2D eigenvalue weighted by Crippen LogP contribution is 2.32. The van der Waals surface area contributed by atoms with Crippen molar-refractivity contribution >= 4 is 16.0 Å². The van der Waals surface area contributed by atoms with Crippen LogP contribution in [0.15, 0.2) is 35.3 Å². The van der Waals surface area contributed by atoms with Crippen molar-refractivity contribution in [2.24, 2.45) is 16.0 Å². The van der Waals surface area contributed by atoms with Gasteiger partial charge in [0.2, 0.25) is 10.0 Å². The molecule has 0 amide bonds. The molecule has 1 aliphatic heterocycles. The molecule has 0 bridgehead atoms. The Morgan fingerprint density at radius 3 is 2.67 bits per heavy atom. The number of rotatable bonds is 5. The Labute approximate surface area is 145 Å². The van der Waals surface area contributed by atoms with Crippen molar-refractivity contribution in [3.63, 3.8) is 0 Å². The predicted octanol–water partition coefficient (Wildman–Crippen LogP) is 1.37. The molecule has 0 radical (unpaired) electrons. The number of benzene rings is 1. The lowest BCUT2D eigenvalue weighted by atomic mass is 9.82. The number of nitrogens with two attached hydrogens (primary N) is 1. The number of aliphatic imine (C=N–C) groups is 1. The third-order valence-electron chi connectivity index (χ3n) is 4.40. The zero-order chi connectivity index (χ0) is 17.6. The second kappa shape index (κ2) is 8.48. The number of primary sulfonamides is 1. The summed E-state index contributed by atoms with van der Waals surface area (Å²) >= 11 is 0. The van der Waals surface area contributed by atoms with E-state index in [4.69, 9.17) is 5.14 Å². The number of nitrogens with one attached hydrogen (secondary N) is 1. The van der Waals surface area contributed by atoms with Crippen molar-refractivity contribution in [2.75, 3.05) is 31.9 Å². The fraction of sp³-hybridized carbons (Fsp3) is 0.588. The highest BCUT2D eigenvalue weighted by atomic mass is 32.2. The van der Waals surface area contributed by atoms with Gasteiger partial charge in [-0.1, -0.05) is 37.3 Å². The van der Waals surface area contributed by atoms with E-state index in [1.54, 1.807) is 0 Å². The van der Waals surface area contributed by atoms with Crippen LogP contribution in [0.2, 0.25) is 0 Å². The van der Waals surface area contributed by atoms with Crippen LogP contribution in [0.5, 0.6) is 0 Å². The van der Waals surface area contributed by atoms with Gasteiger partial charge in [0.05, 0.1) is 12.3 Å². The van der Waals surface area contributed by atoms with Gasteiger partial charge in [-0.25, -0.2) is 13.6 Å². The van der Waals surface area contributed by atoms with Crippen LogP contribution in [-0.2, 0) is 10.0 Å². The molecule has 0 aliphatic carbocycles. The standard InChI is InChI=1S/C17H28N4O2S/c1-3-19-17(20-10-12-24(18,22)23)21-11-9-16(14(2)13-21)15-7-5-4-6-8-15/h4-8,14,16H,3,9-13H2,1-2H3,(H,19,20)(H2,18,22,23). The van der Waals surface area contributed by atoms with Gasteiger partial charge in [-0.3, -0.25) is 4.99 Å². The Balaban J connectivity index is 2.02. The maximum absolute atomic E-state index is 11.1. The molecule has 24 heavy (non-hydrogen) atoms. The van der Waals surface area contributed by atoms with Crippen LogP contribution < -0.4 is 10.5 Å². The first-order valence-electron chi connectivity index (χ1n) is 8.49. The van der Waals surface area contributed by atoms with Crippen molar-refractivity contribution in [1.29, 1.82) is 0 Å². The summed E-state index contributed by atoms with van der Waals surface area (Å²) < 4.78 is 22.1. The van der Waals surface area contributed by atoms with Crippen molar-refractivity contribution in [2.45, 2.75) is 26.2 Å². The molecule has 0 saturated carbocycles. The molecule has 134 valence electrons. The first-order chi connectivity index (χ1) is 11.4. The molecule has 2 atom stereocenters. The number of guanidine groups is 1. The molecule has 2 rings (SSSR count). The summed E-state index contributed by atoms with van der Waals surface area (Å²) in [6.45, 7) is 7.02. The smallest absolute Gasteiger partial charge is 0.210 e. The third-order valence-corrected chi connectivity index (χ3v) is 5.16. The Bertz CT molecular complexity index is 646. The van der Waals surface area contributed by atoms with E-state index in [9.17, 15) is 8.42 Å². The van der Waals surface area contributed by atoms with Gasteiger partial charge in [0.25, 0.3) is 0 Å². The van der Waals surface area contributed by atoms with E-state index in [0.717, 1.165) is 32.0 Å². The Hall–Kier alpha value is -1.60. The number of hydrogen-bond acceptors (Lipinski definition) is 3. The number of likely N-dealkylation sites (tertiary alicyclic amines) is 1. The summed E-state index contributed by atoms with van der Waals surface area (Å²) in [5, 5.41) is 8.30. The van der Waals surface area contributed by atoms with E-state index in [-0.39, 0.29) is 12.3 Å². The van der Waals surface area contributed by atoms with Gasteiger partial charge in [-0.05, 0) is 30.7 Å². The number of hydrogen-bond donors (Lipinski definition) is 2. The lowest BCUT2D eigenvalue weighted by Gasteiger charge is -2.39. The van der Waals surface area contributed by atoms with Gasteiger partial charge in [-0.2, -0.15) is 0 Å². The SMILES string of the molecule is CCNC(=NCCS(N)(=O)=O)N1CCC(c2ccccc2)C(C)C1. The number of sulfonamides is 1. The molecule has 7 heteroatoms. The molecule has 1 aromatic carbocycles. The van der Waals surface area contributed by atoms with E-state index in [0.29, 0.717) is 11.8 Å². The second-order valence-electron chi connectivity index (χ2n) is 6.33. The summed E-state index contributed by atoms with van der Waals surface area (Å²) in [7, 11) is -3.47. The molecule has 1 fully saturated rings. The molecule has 2 unspecified atom stereocenters. The van der Waals surface area contributed by atoms with E-state index in [1.807, 2.05) is 13.0 Å². The summed E-state index contributed by atoms with van der Waals surface area (Å²) in [5.41, 5.74) is 1.39. The predicted molar refractivity (Wildman–Crippen MR) is 98.5 cm³/mol. The van der Waals surface area contributed by atoms with E-state index >= 15 is 0 Å². The quantitative estimate of drug-likeness (QED) is 0.619. The van der Waals surface area contributed by atoms with Crippen LogP contribution >= 0.6 is 0 Å². The van der Waals surface area contributed by atoms with Crippen LogP contribution in [0.25, 0.3) is 0 Å². The van der Waals surface area contributed by atoms with Crippen LogP contribution in [0.1, 0.15) is 31.7 Å². The summed E-state index contributed by atoms with van der Waals surface area (Å²) in [4.78, 5) is 6.65. The van der Waals surface area contributed by atoms with Gasteiger partial charge >= 0.3 is 0 Å². The molecule has 0 aromatic heterocycles. The Morgan fingerprint density at radius 2 is 2.08 bits per heavy atom. The van der Waals surface area contributed by atoms with Gasteiger partial charge in [-0.15, -0.1) is 0 Å². The largest absolute Gasteiger partial charge is 0.357 e. The molecular weight excluding hydrogens is 324 g/mol. The highest BCUT2D eigenvalue weighted by molar-refractivity contribution is 7.89. The third kappa shape index (κ3) is 5.49. The summed E-state index contributed by atoms with van der Waals surface area (Å²) in [5.74, 6) is 1.70. The minimum Gasteiger partial charge on any atom is -0.357 e. The molecule has 0 spiro atoms. The maximum atomic E-state index is 11.1. The molecule has 3 N–H and O–H groups in total. The van der Waals surface area contributed by atoms with Crippen molar-refractivity contribution in [1.82, 2.24) is 10.2 Å². The lowest BCUT2D eigenvalue weighted by Crippen LogP contribution is -2.48. The monoisotopic (exact) mass is 352 g/mol. The normalized spacial score (nSPS) is 22.5. The molecule has 1 saturated heterocycles. The minimum atomic E-state index is -3.47. The first kappa shape index (κ1) is 18.7. The van der Waals surface area contributed by atoms with Gasteiger partial charge in [0, 0.05) is 19.6 Å². The van der Waals surface area contributed by atoms with Crippen molar-refractivity contribution in [3.05, 3.63) is 35.9 Å². The van der Waals surface area contributed by atoms with Crippen LogP contribution in [0.4, 0.5) is 0 Å². The van der Waals surface area contributed by atoms with E-state index < -0.39 is 10.0 Å². The Kier molecular flexibility index (Phi) is 6.62. The Morgan fingerprint density at radius 1 is 1.38 bits per heavy atom. The zero-order valence-corrected chi connectivity index (χ0v) is 15.3. The molecule has 1 aliphatic rings. The van der Waals surface area contributed by atoms with Gasteiger partial charge < -0.3 is 10.2 Å². The topological polar surface area (TPSA) is 87.8 Å². The van der Waals surface area contributed by atoms with E-state index in [1.165, 1.54) is 5.56 Å². The van der Waals surface area contributed by atoms with Gasteiger partial charge in [0.15, 0.2) is 5.96 Å². The minimum absolute atomic E-state index is 0.127. The lowest BCUT2D eigenvalue weighted by molar-refractivity contribution is 0.234. The molecular formula is C17H28N4O2S. The molecule has 1 heterocycles. The average Bonchev–Trinajstić information content (AvgIpc) is 2.53. The fourth-order valence-electron chi connectivity index (χ4n) is 3.24. The molecule has 6 nitrogen and oxygen atoms in total. The summed E-state index contributed by atoms with van der Waals surface area (Å²) in [6, 6.07) is 10.6. The fourth-order valence-corrected chi connectivity index (χ4v) is 3.58. The maximum Gasteiger partial charge on any atom is 0.210 e. The zero-order valence-electron chi connectivity index (χ0n) is 14.5. The van der Waals surface area contributed by atoms with Crippen molar-refractivity contribution < 1.29 is 8.42 Å². The van der Waals surface area contributed by atoms with Crippen LogP contribution in [-0.4, -0.2) is 51.2 Å². The van der Waals surface area contributed by atoms with Crippen LogP contribution in [0.3, 0.4) is 0 Å². The van der Waals surface area contributed by atoms with Crippen LogP contribution in [0, 0.1) is 5.92 Å². The number of piperidine rings is 1.